The van der Waals surface area contributed by atoms with Crippen molar-refractivity contribution in [3.05, 3.63) is 14.4 Å². The second kappa shape index (κ2) is 6.60. The second-order valence-corrected chi connectivity index (χ2v) is 9.61. The molecule has 0 amide bonds. The van der Waals surface area contributed by atoms with Crippen LogP contribution in [0, 0.1) is 0 Å². The second-order valence-electron chi connectivity index (χ2n) is 2.67. The van der Waals surface area contributed by atoms with E-state index >= 15 is 0 Å². The molecule has 0 fully saturated rings. The smallest absolute Gasteiger partial charge is 0.384 e. The topological polar surface area (TPSA) is 38.7 Å². The van der Waals surface area contributed by atoms with Gasteiger partial charge in [-0.1, -0.05) is 31.0 Å². The molecule has 0 bridgehead atoms. The molecule has 0 saturated heterocycles. The van der Waals surface area contributed by atoms with E-state index < -0.39 is 59.1 Å². The van der Waals surface area contributed by atoms with Crippen LogP contribution in [0.4, 0.5) is 8.78 Å². The number of nitrogens with zero attached hydrogens (tertiary/aromatic N) is 1. The molecule has 1 rings (SSSR count). The van der Waals surface area contributed by atoms with Crippen molar-refractivity contribution in [1.29, 1.82) is 0 Å². The number of ether oxygens (including phenoxy) is 1. The summed E-state index contributed by atoms with van der Waals surface area (Å²) < 4.78 is 36.6. The molecule has 0 atom stereocenters. The SMILES string of the molecule is C=C=IC1=CN=C(C(F)(F)C(=O)OCC)C=I1. The number of hydrogen-bond acceptors (Lipinski definition) is 3. The van der Waals surface area contributed by atoms with Gasteiger partial charge in [-0.25, -0.2) is 4.79 Å². The van der Waals surface area contributed by atoms with Crippen LogP contribution in [0.3, 0.4) is 0 Å². The highest BCUT2D eigenvalue weighted by Crippen LogP contribution is 2.31. The minimum absolute atomic E-state index is 0.0747. The first-order valence-corrected chi connectivity index (χ1v) is 8.96. The van der Waals surface area contributed by atoms with Gasteiger partial charge >= 0.3 is 11.9 Å². The van der Waals surface area contributed by atoms with E-state index in [9.17, 15) is 13.6 Å². The first-order chi connectivity index (χ1) is 8.02. The van der Waals surface area contributed by atoms with Crippen LogP contribution >= 0.6 is 41.5 Å². The van der Waals surface area contributed by atoms with Crippen molar-refractivity contribution in [2.24, 2.45) is 4.99 Å². The van der Waals surface area contributed by atoms with Crippen molar-refractivity contribution in [3.8, 4) is 0 Å². The molecule has 94 valence electrons. The molecule has 0 spiro atoms. The molecule has 1 aliphatic rings. The van der Waals surface area contributed by atoms with Gasteiger partial charge in [-0.2, -0.15) is 8.78 Å². The van der Waals surface area contributed by atoms with Crippen LogP contribution in [0.5, 0.6) is 0 Å². The summed E-state index contributed by atoms with van der Waals surface area (Å²) in [6, 6.07) is 0. The molecule has 1 aliphatic heterocycles. The van der Waals surface area contributed by atoms with Crippen LogP contribution in [-0.2, 0) is 9.53 Å². The van der Waals surface area contributed by atoms with E-state index in [1.54, 1.807) is 0 Å². The van der Waals surface area contributed by atoms with Crippen LogP contribution in [0.25, 0.3) is 0 Å². The first kappa shape index (κ1) is 14.8. The van der Waals surface area contributed by atoms with Gasteiger partial charge in [-0.3, -0.25) is 4.99 Å². The number of esters is 1. The van der Waals surface area contributed by atoms with E-state index in [-0.39, 0.29) is 6.61 Å². The molecule has 0 saturated carbocycles. The normalized spacial score (nSPS) is 15.2. The van der Waals surface area contributed by atoms with E-state index in [1.165, 1.54) is 17.1 Å². The summed E-state index contributed by atoms with van der Waals surface area (Å²) >= 11 is -1.06. The fourth-order valence-electron chi connectivity index (χ4n) is 0.863. The highest BCUT2D eigenvalue weighted by Gasteiger charge is 2.45. The summed E-state index contributed by atoms with van der Waals surface area (Å²) in [6.45, 7) is 4.90. The third-order valence-electron chi connectivity index (χ3n) is 1.57. The Morgan fingerprint density at radius 2 is 2.47 bits per heavy atom. The Labute approximate surface area is 117 Å². The van der Waals surface area contributed by atoms with Gasteiger partial charge in [0.15, 0.2) is 0 Å². The van der Waals surface area contributed by atoms with Gasteiger partial charge in [0.25, 0.3) is 0 Å². The third kappa shape index (κ3) is 3.85. The number of carbonyl (C=O) groups excluding carboxylic acids is 1. The number of rotatable bonds is 4. The van der Waals surface area contributed by atoms with E-state index in [0.717, 1.165) is 1.59 Å². The minimum Gasteiger partial charge on any atom is -0.461 e. The average molecular weight is 467 g/mol. The molecule has 3 nitrogen and oxygen atoms in total. The van der Waals surface area contributed by atoms with Crippen LogP contribution in [0.1, 0.15) is 6.92 Å². The Morgan fingerprint density at radius 3 is 2.94 bits per heavy atom. The van der Waals surface area contributed by atoms with Crippen LogP contribution in [0.15, 0.2) is 19.4 Å². The number of halogens is 4. The monoisotopic (exact) mass is 467 g/mol. The number of alkyl halides is 2. The Hall–Kier alpha value is -0.280. The number of aliphatic imine (C=N–C) groups is 1. The van der Waals surface area contributed by atoms with E-state index in [0.29, 0.717) is 0 Å². The quantitative estimate of drug-likeness (QED) is 0.472. The van der Waals surface area contributed by atoms with Crippen molar-refractivity contribution in [1.82, 2.24) is 0 Å². The van der Waals surface area contributed by atoms with E-state index in [1.807, 2.05) is 0 Å². The lowest BCUT2D eigenvalue weighted by atomic mass is 10.2. The van der Waals surface area contributed by atoms with Gasteiger partial charge < -0.3 is 4.74 Å². The van der Waals surface area contributed by atoms with Crippen molar-refractivity contribution in [2.45, 2.75) is 12.8 Å². The van der Waals surface area contributed by atoms with Crippen LogP contribution in [-0.4, -0.2) is 31.9 Å². The van der Waals surface area contributed by atoms with Crippen molar-refractivity contribution >= 4 is 60.8 Å². The molecule has 0 radical (unpaired) electrons. The summed E-state index contributed by atoms with van der Waals surface area (Å²) in [6.07, 6.45) is 1.42. The highest BCUT2D eigenvalue weighted by atomic mass is 127. The Kier molecular flexibility index (Phi) is 5.74. The maximum atomic E-state index is 13.5. The molecule has 0 aromatic heterocycles. The maximum Gasteiger partial charge on any atom is 0.384 e. The molecule has 0 N–H and O–H groups in total. The van der Waals surface area contributed by atoms with Crippen LogP contribution < -0.4 is 0 Å². The van der Waals surface area contributed by atoms with Crippen molar-refractivity contribution in [2.75, 3.05) is 6.61 Å². The molecule has 17 heavy (non-hydrogen) atoms. The molecule has 0 aromatic rings. The highest BCUT2D eigenvalue weighted by molar-refractivity contribution is 14.3. The zero-order valence-electron chi connectivity index (χ0n) is 8.84. The predicted octanol–water partition coefficient (Wildman–Crippen LogP) is 2.77. The number of hydrogen-bond donors (Lipinski definition) is 0. The molecule has 1 heterocycles. The molecular formula is C10H9F2I2NO2. The van der Waals surface area contributed by atoms with Gasteiger partial charge in [0.2, 0.25) is 0 Å². The van der Waals surface area contributed by atoms with Gasteiger partial charge in [-0.05, 0) is 27.7 Å². The molecule has 0 unspecified atom stereocenters. The van der Waals surface area contributed by atoms with Crippen molar-refractivity contribution in [3.63, 3.8) is 0 Å². The molecule has 0 aliphatic carbocycles. The van der Waals surface area contributed by atoms with E-state index in [2.05, 4.69) is 20.0 Å². The zero-order valence-corrected chi connectivity index (χ0v) is 13.2. The third-order valence-corrected chi connectivity index (χ3v) is 7.47. The van der Waals surface area contributed by atoms with Crippen LogP contribution in [0.2, 0.25) is 0 Å². The van der Waals surface area contributed by atoms with Gasteiger partial charge in [0, 0.05) is 10.2 Å². The van der Waals surface area contributed by atoms with Crippen molar-refractivity contribution < 1.29 is 18.3 Å². The van der Waals surface area contributed by atoms with Gasteiger partial charge in [0.1, 0.15) is 5.71 Å². The molecule has 7 heteroatoms. The van der Waals surface area contributed by atoms with E-state index in [4.69, 9.17) is 0 Å². The van der Waals surface area contributed by atoms with Gasteiger partial charge in [-0.15, -0.1) is 0 Å². The molecule has 0 aromatic carbocycles. The summed E-state index contributed by atoms with van der Waals surface area (Å²) in [5.74, 6) is -5.19. The summed E-state index contributed by atoms with van der Waals surface area (Å²) in [7, 11) is 0. The summed E-state index contributed by atoms with van der Waals surface area (Å²) in [5, 5.41) is 0. The summed E-state index contributed by atoms with van der Waals surface area (Å²) in [5.41, 5.74) is -0.499. The lowest BCUT2D eigenvalue weighted by Gasteiger charge is -2.15. The Morgan fingerprint density at radius 1 is 1.76 bits per heavy atom. The van der Waals surface area contributed by atoms with Gasteiger partial charge in [0.05, 0.1) is 8.19 Å². The zero-order chi connectivity index (χ0) is 12.9. The fourth-order valence-corrected chi connectivity index (χ4v) is 5.61. The fraction of sp³-hybridized carbons (Fsp3) is 0.300. The minimum atomic E-state index is -3.64. The largest absolute Gasteiger partial charge is 0.461 e. The first-order valence-electron chi connectivity index (χ1n) is 4.48. The average Bonchev–Trinajstić information content (AvgIpc) is 2.30. The molecular weight excluding hydrogens is 458 g/mol. The summed E-state index contributed by atoms with van der Waals surface area (Å²) in [4.78, 5) is 14.7. The Bertz CT molecular complexity index is 463. The number of carbonyl (C=O) groups is 1. The maximum absolute atomic E-state index is 13.5. The standard InChI is InChI=1S/C10H9F2I2NO2/c1-3-13-8-6-15-7(5-14-8)10(11,12)9(16)17-4-2/h5-6H,1,4H2,2H3. The lowest BCUT2D eigenvalue weighted by molar-refractivity contribution is -0.161. The lowest BCUT2D eigenvalue weighted by Crippen LogP contribution is -2.40. The Balaban J connectivity index is 2.93. The predicted molar refractivity (Wildman–Crippen MR) is 81.8 cm³/mol.